The number of carbonyl (C=O) groups is 2. The molecule has 0 atom stereocenters. The number of hydrogen-bond donors (Lipinski definition) is 2. The quantitative estimate of drug-likeness (QED) is 0.832. The van der Waals surface area contributed by atoms with Gasteiger partial charge in [-0.1, -0.05) is 44.9 Å². The van der Waals surface area contributed by atoms with Crippen LogP contribution in [0, 0.1) is 11.3 Å². The van der Waals surface area contributed by atoms with Crippen molar-refractivity contribution < 1.29 is 14.7 Å². The van der Waals surface area contributed by atoms with E-state index in [1.807, 2.05) is 0 Å². The summed E-state index contributed by atoms with van der Waals surface area (Å²) in [6.07, 6.45) is 11.3. The van der Waals surface area contributed by atoms with Crippen molar-refractivity contribution in [3.63, 3.8) is 0 Å². The monoisotopic (exact) mass is 281 g/mol. The highest BCUT2D eigenvalue weighted by atomic mass is 16.4. The molecule has 0 saturated heterocycles. The zero-order valence-corrected chi connectivity index (χ0v) is 12.3. The highest BCUT2D eigenvalue weighted by Crippen LogP contribution is 2.37. The molecule has 0 aromatic heterocycles. The first-order valence-corrected chi connectivity index (χ1v) is 8.15. The Morgan fingerprint density at radius 2 is 1.50 bits per heavy atom. The summed E-state index contributed by atoms with van der Waals surface area (Å²) in [5, 5.41) is 12.4. The van der Waals surface area contributed by atoms with E-state index in [2.05, 4.69) is 5.32 Å². The molecule has 2 N–H and O–H groups in total. The molecule has 0 spiro atoms. The molecule has 0 unspecified atom stereocenters. The lowest BCUT2D eigenvalue weighted by molar-refractivity contribution is -0.148. The molecule has 0 heterocycles. The third-order valence-electron chi connectivity index (χ3n) is 5.09. The van der Waals surface area contributed by atoms with Gasteiger partial charge in [0.15, 0.2) is 0 Å². The van der Waals surface area contributed by atoms with Gasteiger partial charge in [-0.2, -0.15) is 0 Å². The van der Waals surface area contributed by atoms with Crippen LogP contribution in [0.3, 0.4) is 0 Å². The normalized spacial score (nSPS) is 23.8. The lowest BCUT2D eigenvalue weighted by Crippen LogP contribution is -2.43. The van der Waals surface area contributed by atoms with Crippen LogP contribution in [0.25, 0.3) is 0 Å². The first-order chi connectivity index (χ1) is 9.64. The SMILES string of the molecule is O=C(NCC1(C(=O)O)CCCC1)C1CCCCCCC1. The summed E-state index contributed by atoms with van der Waals surface area (Å²) in [4.78, 5) is 23.7. The van der Waals surface area contributed by atoms with Crippen LogP contribution in [0.1, 0.15) is 70.6 Å². The van der Waals surface area contributed by atoms with Gasteiger partial charge in [-0.05, 0) is 25.7 Å². The Hall–Kier alpha value is -1.06. The van der Waals surface area contributed by atoms with Gasteiger partial charge < -0.3 is 10.4 Å². The average Bonchev–Trinajstić information content (AvgIpc) is 2.85. The number of aliphatic carboxylic acids is 1. The van der Waals surface area contributed by atoms with E-state index in [9.17, 15) is 14.7 Å². The number of carbonyl (C=O) groups excluding carboxylic acids is 1. The van der Waals surface area contributed by atoms with E-state index in [0.717, 1.165) is 38.5 Å². The fraction of sp³-hybridized carbons (Fsp3) is 0.875. The average molecular weight is 281 g/mol. The molecule has 114 valence electrons. The fourth-order valence-corrected chi connectivity index (χ4v) is 3.64. The van der Waals surface area contributed by atoms with Gasteiger partial charge in [-0.15, -0.1) is 0 Å². The molecule has 20 heavy (non-hydrogen) atoms. The predicted octanol–water partition coefficient (Wildman–Crippen LogP) is 3.11. The van der Waals surface area contributed by atoms with Crippen molar-refractivity contribution in [3.05, 3.63) is 0 Å². The summed E-state index contributed by atoms with van der Waals surface area (Å²) in [7, 11) is 0. The summed E-state index contributed by atoms with van der Waals surface area (Å²) in [6.45, 7) is 0.317. The van der Waals surface area contributed by atoms with E-state index in [1.54, 1.807) is 0 Å². The van der Waals surface area contributed by atoms with Crippen molar-refractivity contribution in [2.24, 2.45) is 11.3 Å². The smallest absolute Gasteiger partial charge is 0.311 e. The number of amides is 1. The number of rotatable bonds is 4. The van der Waals surface area contributed by atoms with Gasteiger partial charge in [-0.3, -0.25) is 9.59 Å². The molecule has 2 aliphatic carbocycles. The molecular weight excluding hydrogens is 254 g/mol. The molecule has 1 amide bonds. The third kappa shape index (κ3) is 3.74. The summed E-state index contributed by atoms with van der Waals surface area (Å²) in [6, 6.07) is 0. The van der Waals surface area contributed by atoms with E-state index in [1.165, 1.54) is 19.3 Å². The number of carboxylic acids is 1. The van der Waals surface area contributed by atoms with Gasteiger partial charge in [0.25, 0.3) is 0 Å². The van der Waals surface area contributed by atoms with Crippen LogP contribution < -0.4 is 5.32 Å². The largest absolute Gasteiger partial charge is 0.481 e. The van der Waals surface area contributed by atoms with Gasteiger partial charge in [0.1, 0.15) is 0 Å². The second kappa shape index (κ2) is 7.09. The molecule has 2 aliphatic rings. The molecule has 0 aromatic carbocycles. The number of hydrogen-bond acceptors (Lipinski definition) is 2. The Kier molecular flexibility index (Phi) is 5.44. The molecular formula is C16H27NO3. The van der Waals surface area contributed by atoms with Crippen LogP contribution in [-0.2, 0) is 9.59 Å². The Morgan fingerprint density at radius 3 is 2.05 bits per heavy atom. The van der Waals surface area contributed by atoms with Gasteiger partial charge in [-0.25, -0.2) is 0 Å². The molecule has 0 radical (unpaired) electrons. The minimum Gasteiger partial charge on any atom is -0.481 e. The molecule has 4 nitrogen and oxygen atoms in total. The van der Waals surface area contributed by atoms with Crippen LogP contribution in [0.4, 0.5) is 0 Å². The van der Waals surface area contributed by atoms with Crippen molar-refractivity contribution in [2.45, 2.75) is 70.6 Å². The maximum Gasteiger partial charge on any atom is 0.311 e. The van der Waals surface area contributed by atoms with Crippen molar-refractivity contribution in [1.82, 2.24) is 5.32 Å². The summed E-state index contributed by atoms with van der Waals surface area (Å²) in [5.41, 5.74) is -0.697. The number of carboxylic acid groups (broad SMARTS) is 1. The predicted molar refractivity (Wildman–Crippen MR) is 77.4 cm³/mol. The summed E-state index contributed by atoms with van der Waals surface area (Å²) >= 11 is 0. The van der Waals surface area contributed by atoms with E-state index in [4.69, 9.17) is 0 Å². The van der Waals surface area contributed by atoms with Crippen LogP contribution in [0.2, 0.25) is 0 Å². The molecule has 2 rings (SSSR count). The van der Waals surface area contributed by atoms with Crippen LogP contribution in [0.15, 0.2) is 0 Å². The van der Waals surface area contributed by atoms with E-state index < -0.39 is 11.4 Å². The molecule has 0 bridgehead atoms. The maximum absolute atomic E-state index is 12.3. The number of nitrogens with one attached hydrogen (secondary N) is 1. The lowest BCUT2D eigenvalue weighted by atomic mass is 9.85. The Bertz CT molecular complexity index is 340. The van der Waals surface area contributed by atoms with E-state index in [-0.39, 0.29) is 11.8 Å². The second-order valence-corrected chi connectivity index (χ2v) is 6.55. The zero-order valence-electron chi connectivity index (χ0n) is 12.3. The van der Waals surface area contributed by atoms with Crippen molar-refractivity contribution in [3.8, 4) is 0 Å². The lowest BCUT2D eigenvalue weighted by Gasteiger charge is -2.26. The van der Waals surface area contributed by atoms with Crippen LogP contribution in [0.5, 0.6) is 0 Å². The second-order valence-electron chi connectivity index (χ2n) is 6.55. The van der Waals surface area contributed by atoms with Gasteiger partial charge in [0.05, 0.1) is 5.41 Å². The Morgan fingerprint density at radius 1 is 0.950 bits per heavy atom. The first-order valence-electron chi connectivity index (χ1n) is 8.15. The maximum atomic E-state index is 12.3. The highest BCUT2D eigenvalue weighted by molar-refractivity contribution is 5.80. The molecule has 0 aliphatic heterocycles. The van der Waals surface area contributed by atoms with Gasteiger partial charge in [0.2, 0.25) is 5.91 Å². The molecule has 4 heteroatoms. The van der Waals surface area contributed by atoms with Crippen molar-refractivity contribution in [1.29, 1.82) is 0 Å². The van der Waals surface area contributed by atoms with Gasteiger partial charge >= 0.3 is 5.97 Å². The first kappa shape index (κ1) is 15.3. The highest BCUT2D eigenvalue weighted by Gasteiger charge is 2.41. The van der Waals surface area contributed by atoms with E-state index in [0.29, 0.717) is 19.4 Å². The molecule has 2 fully saturated rings. The fourth-order valence-electron chi connectivity index (χ4n) is 3.64. The Balaban J connectivity index is 1.85. The van der Waals surface area contributed by atoms with Crippen molar-refractivity contribution >= 4 is 11.9 Å². The molecule has 0 aromatic rings. The summed E-state index contributed by atoms with van der Waals surface area (Å²) < 4.78 is 0. The topological polar surface area (TPSA) is 66.4 Å². The standard InChI is InChI=1S/C16H27NO3/c18-14(13-8-4-2-1-3-5-9-13)17-12-16(15(19)20)10-6-7-11-16/h13H,1-12H2,(H,17,18)(H,19,20). The van der Waals surface area contributed by atoms with Crippen LogP contribution in [-0.4, -0.2) is 23.5 Å². The van der Waals surface area contributed by atoms with Gasteiger partial charge in [0, 0.05) is 12.5 Å². The van der Waals surface area contributed by atoms with Crippen molar-refractivity contribution in [2.75, 3.05) is 6.54 Å². The van der Waals surface area contributed by atoms with Crippen LogP contribution >= 0.6 is 0 Å². The van der Waals surface area contributed by atoms with E-state index >= 15 is 0 Å². The third-order valence-corrected chi connectivity index (χ3v) is 5.09. The summed E-state index contributed by atoms with van der Waals surface area (Å²) in [5.74, 6) is -0.560. The minimum atomic E-state index is -0.743. The molecule has 2 saturated carbocycles. The minimum absolute atomic E-state index is 0.0828. The zero-order chi connectivity index (χ0) is 14.4. The Labute approximate surface area is 121 Å².